The van der Waals surface area contributed by atoms with Crippen molar-refractivity contribution < 1.29 is 9.57 Å². The van der Waals surface area contributed by atoms with Gasteiger partial charge in [-0.05, 0) is 23.6 Å². The van der Waals surface area contributed by atoms with E-state index in [-0.39, 0.29) is 0 Å². The smallest absolute Gasteiger partial charge is 0.119 e. The van der Waals surface area contributed by atoms with Crippen LogP contribution in [0.5, 0.6) is 5.75 Å². The quantitative estimate of drug-likeness (QED) is 0.578. The lowest BCUT2D eigenvalue weighted by Crippen LogP contribution is -2.10. The van der Waals surface area contributed by atoms with Crippen LogP contribution in [0, 0.1) is 0 Å². The average molecular weight is 195 g/mol. The molecule has 2 N–H and O–H groups in total. The van der Waals surface area contributed by atoms with Crippen LogP contribution in [0.4, 0.5) is 0 Å². The Hall–Kier alpha value is -1.06. The fourth-order valence-electron chi connectivity index (χ4n) is 1.17. The Kier molecular flexibility index (Phi) is 4.43. The molecule has 0 heterocycles. The van der Waals surface area contributed by atoms with Crippen molar-refractivity contribution in [1.82, 2.24) is 0 Å². The van der Waals surface area contributed by atoms with E-state index < -0.39 is 0 Å². The van der Waals surface area contributed by atoms with Gasteiger partial charge in [0.2, 0.25) is 0 Å². The Labute approximate surface area is 84.8 Å². The predicted molar refractivity (Wildman–Crippen MR) is 56.2 cm³/mol. The summed E-state index contributed by atoms with van der Waals surface area (Å²) >= 11 is 0. The molecule has 0 aliphatic carbocycles. The van der Waals surface area contributed by atoms with Gasteiger partial charge in [0.25, 0.3) is 0 Å². The van der Waals surface area contributed by atoms with Gasteiger partial charge in [0.1, 0.15) is 19.0 Å². The average Bonchev–Trinajstić information content (AvgIpc) is 2.19. The third kappa shape index (κ3) is 3.36. The largest absolute Gasteiger partial charge is 0.491 e. The van der Waals surface area contributed by atoms with Crippen molar-refractivity contribution in [3.63, 3.8) is 0 Å². The molecular weight excluding hydrogens is 178 g/mol. The topological polar surface area (TPSA) is 44.5 Å². The fraction of sp³-hybridized carbons (Fsp3) is 0.455. The van der Waals surface area contributed by atoms with Crippen molar-refractivity contribution in [2.24, 2.45) is 5.90 Å². The minimum atomic E-state index is 0.409. The lowest BCUT2D eigenvalue weighted by atomic mass is 10.0. The predicted octanol–water partition coefficient (Wildman–Crippen LogP) is 2.08. The first-order valence-corrected chi connectivity index (χ1v) is 4.78. The van der Waals surface area contributed by atoms with Gasteiger partial charge in [-0.25, -0.2) is 5.90 Å². The van der Waals surface area contributed by atoms with Gasteiger partial charge in [-0.2, -0.15) is 0 Å². The lowest BCUT2D eigenvalue weighted by molar-refractivity contribution is 0.102. The fourth-order valence-corrected chi connectivity index (χ4v) is 1.17. The molecule has 3 heteroatoms. The maximum Gasteiger partial charge on any atom is 0.119 e. The molecule has 0 unspecified atom stereocenters. The Morgan fingerprint density at radius 2 is 2.07 bits per heavy atom. The highest BCUT2D eigenvalue weighted by molar-refractivity contribution is 5.30. The van der Waals surface area contributed by atoms with Gasteiger partial charge in [0, 0.05) is 0 Å². The minimum Gasteiger partial charge on any atom is -0.491 e. The molecule has 0 aromatic heterocycles. The van der Waals surface area contributed by atoms with Gasteiger partial charge in [-0.1, -0.05) is 26.0 Å². The summed E-state index contributed by atoms with van der Waals surface area (Å²) in [5.41, 5.74) is 1.27. The summed E-state index contributed by atoms with van der Waals surface area (Å²) < 4.78 is 5.43. The van der Waals surface area contributed by atoms with Gasteiger partial charge < -0.3 is 9.57 Å². The number of nitrogens with two attached hydrogens (primary N) is 1. The van der Waals surface area contributed by atoms with Gasteiger partial charge in [0.05, 0.1) is 0 Å². The lowest BCUT2D eigenvalue weighted by Gasteiger charge is -2.09. The summed E-state index contributed by atoms with van der Waals surface area (Å²) in [5.74, 6) is 6.28. The van der Waals surface area contributed by atoms with Crippen molar-refractivity contribution in [3.8, 4) is 5.75 Å². The zero-order chi connectivity index (χ0) is 10.4. The molecule has 3 nitrogen and oxygen atoms in total. The van der Waals surface area contributed by atoms with Gasteiger partial charge in [-0.3, -0.25) is 0 Å². The molecule has 0 fully saturated rings. The third-order valence-corrected chi connectivity index (χ3v) is 1.99. The molecule has 14 heavy (non-hydrogen) atoms. The van der Waals surface area contributed by atoms with E-state index in [9.17, 15) is 0 Å². The number of hydrogen-bond acceptors (Lipinski definition) is 3. The molecule has 0 atom stereocenters. The molecule has 0 saturated carbocycles. The monoisotopic (exact) mass is 195 g/mol. The second-order valence-corrected chi connectivity index (χ2v) is 3.45. The first kappa shape index (κ1) is 11.0. The Morgan fingerprint density at radius 1 is 1.29 bits per heavy atom. The van der Waals surface area contributed by atoms with Crippen LogP contribution < -0.4 is 10.6 Å². The Morgan fingerprint density at radius 3 is 2.71 bits per heavy atom. The molecule has 78 valence electrons. The van der Waals surface area contributed by atoms with E-state index in [0.717, 1.165) is 5.75 Å². The van der Waals surface area contributed by atoms with Crippen LogP contribution in [0.1, 0.15) is 25.3 Å². The summed E-state index contributed by atoms with van der Waals surface area (Å²) in [6, 6.07) is 8.06. The van der Waals surface area contributed by atoms with Crippen LogP contribution in [-0.4, -0.2) is 13.2 Å². The Balaban J connectivity index is 2.55. The summed E-state index contributed by atoms with van der Waals surface area (Å²) in [6.07, 6.45) is 0. The van der Waals surface area contributed by atoms with Gasteiger partial charge in [-0.15, -0.1) is 0 Å². The number of ether oxygens (including phenoxy) is 1. The SMILES string of the molecule is CC(C)c1cccc(OCCON)c1. The maximum absolute atomic E-state index is 5.43. The number of benzene rings is 1. The molecule has 0 spiro atoms. The number of rotatable bonds is 5. The van der Waals surface area contributed by atoms with Crippen LogP contribution in [0.15, 0.2) is 24.3 Å². The van der Waals surface area contributed by atoms with E-state index in [4.69, 9.17) is 10.6 Å². The van der Waals surface area contributed by atoms with E-state index in [1.807, 2.05) is 18.2 Å². The molecule has 0 bridgehead atoms. The van der Waals surface area contributed by atoms with Gasteiger partial charge >= 0.3 is 0 Å². The molecule has 0 aliphatic heterocycles. The zero-order valence-electron chi connectivity index (χ0n) is 8.69. The van der Waals surface area contributed by atoms with Crippen molar-refractivity contribution >= 4 is 0 Å². The molecule has 0 saturated heterocycles. The number of hydrogen-bond donors (Lipinski definition) is 1. The summed E-state index contributed by atoms with van der Waals surface area (Å²) in [5, 5.41) is 0. The van der Waals surface area contributed by atoms with Crippen molar-refractivity contribution in [2.45, 2.75) is 19.8 Å². The minimum absolute atomic E-state index is 0.409. The van der Waals surface area contributed by atoms with E-state index in [1.54, 1.807) is 0 Å². The van der Waals surface area contributed by atoms with Crippen LogP contribution in [0.2, 0.25) is 0 Å². The van der Waals surface area contributed by atoms with Crippen molar-refractivity contribution in [3.05, 3.63) is 29.8 Å². The van der Waals surface area contributed by atoms with E-state index in [1.165, 1.54) is 5.56 Å². The molecule has 1 aromatic carbocycles. The zero-order valence-corrected chi connectivity index (χ0v) is 8.69. The van der Waals surface area contributed by atoms with Crippen LogP contribution in [-0.2, 0) is 4.84 Å². The summed E-state index contributed by atoms with van der Waals surface area (Å²) in [4.78, 5) is 4.42. The standard InChI is InChI=1S/C11H17NO2/c1-9(2)10-4-3-5-11(8-10)13-6-7-14-12/h3-5,8-9H,6-7,12H2,1-2H3. The molecule has 1 aromatic rings. The van der Waals surface area contributed by atoms with Crippen LogP contribution in [0.25, 0.3) is 0 Å². The second kappa shape index (κ2) is 5.62. The highest BCUT2D eigenvalue weighted by Gasteiger charge is 2.00. The van der Waals surface area contributed by atoms with Crippen molar-refractivity contribution in [1.29, 1.82) is 0 Å². The third-order valence-electron chi connectivity index (χ3n) is 1.99. The van der Waals surface area contributed by atoms with Crippen molar-refractivity contribution in [2.75, 3.05) is 13.2 Å². The highest BCUT2D eigenvalue weighted by Crippen LogP contribution is 2.19. The second-order valence-electron chi connectivity index (χ2n) is 3.45. The molecule has 0 aliphatic rings. The molecule has 0 amide bonds. The summed E-state index contributed by atoms with van der Waals surface area (Å²) in [7, 11) is 0. The molecule has 1 rings (SSSR count). The first-order chi connectivity index (χ1) is 6.74. The normalized spacial score (nSPS) is 10.6. The van der Waals surface area contributed by atoms with Gasteiger partial charge in [0.15, 0.2) is 0 Å². The first-order valence-electron chi connectivity index (χ1n) is 4.78. The molecular formula is C11H17NO2. The van der Waals surface area contributed by atoms with E-state index in [0.29, 0.717) is 19.1 Å². The Bertz CT molecular complexity index is 274. The highest BCUT2D eigenvalue weighted by atomic mass is 16.6. The van der Waals surface area contributed by atoms with E-state index in [2.05, 4.69) is 24.8 Å². The summed E-state index contributed by atoms with van der Waals surface area (Å²) in [6.45, 7) is 5.20. The van der Waals surface area contributed by atoms with Crippen LogP contribution in [0.3, 0.4) is 0 Å². The molecule has 0 radical (unpaired) electrons. The van der Waals surface area contributed by atoms with Crippen LogP contribution >= 0.6 is 0 Å². The van der Waals surface area contributed by atoms with E-state index >= 15 is 0 Å². The maximum atomic E-state index is 5.43.